The first kappa shape index (κ1) is 13.3. The number of thiophene rings is 1. The number of nitrogens with zero attached hydrogens (tertiary/aromatic N) is 1. The highest BCUT2D eigenvalue weighted by Crippen LogP contribution is 2.36. The Labute approximate surface area is 127 Å². The molecule has 3 heteroatoms. The summed E-state index contributed by atoms with van der Waals surface area (Å²) in [4.78, 5) is 7.91. The SMILES string of the molecule is BrC(Cc1ccccn1)c1cc2c(s1)CCCCC2. The summed E-state index contributed by atoms with van der Waals surface area (Å²) in [6, 6.07) is 8.56. The predicted molar refractivity (Wildman–Crippen MR) is 85.2 cm³/mol. The van der Waals surface area contributed by atoms with Crippen molar-refractivity contribution in [1.82, 2.24) is 4.98 Å². The molecule has 3 rings (SSSR count). The van der Waals surface area contributed by atoms with Crippen molar-refractivity contribution >= 4 is 27.3 Å². The molecule has 2 aromatic heterocycles. The average Bonchev–Trinajstić information content (AvgIpc) is 2.72. The normalized spacial score (nSPS) is 16.7. The van der Waals surface area contributed by atoms with Crippen molar-refractivity contribution in [3.05, 3.63) is 51.5 Å². The van der Waals surface area contributed by atoms with E-state index in [2.05, 4.69) is 39.1 Å². The Morgan fingerprint density at radius 2 is 2.11 bits per heavy atom. The Hall–Kier alpha value is -0.670. The van der Waals surface area contributed by atoms with Crippen LogP contribution < -0.4 is 0 Å². The van der Waals surface area contributed by atoms with Crippen LogP contribution in [0.3, 0.4) is 0 Å². The van der Waals surface area contributed by atoms with Crippen LogP contribution in [0.15, 0.2) is 30.5 Å². The van der Waals surface area contributed by atoms with E-state index in [1.807, 2.05) is 23.6 Å². The zero-order valence-corrected chi connectivity index (χ0v) is 13.3. The smallest absolute Gasteiger partial charge is 0.0544 e. The molecule has 0 spiro atoms. The number of fused-ring (bicyclic) bond motifs is 1. The second-order valence-corrected chi connectivity index (χ2v) is 7.42. The summed E-state index contributed by atoms with van der Waals surface area (Å²) >= 11 is 5.84. The molecular formula is C16H18BrNS. The maximum atomic E-state index is 4.42. The molecule has 1 aliphatic rings. The fourth-order valence-electron chi connectivity index (χ4n) is 2.65. The lowest BCUT2D eigenvalue weighted by Crippen LogP contribution is -1.95. The topological polar surface area (TPSA) is 12.9 Å². The quantitative estimate of drug-likeness (QED) is 0.562. The van der Waals surface area contributed by atoms with Gasteiger partial charge in [-0.05, 0) is 49.4 Å². The molecule has 0 aliphatic heterocycles. The highest BCUT2D eigenvalue weighted by Gasteiger charge is 2.17. The minimum absolute atomic E-state index is 0.402. The molecule has 0 N–H and O–H groups in total. The van der Waals surface area contributed by atoms with E-state index in [0.29, 0.717) is 4.83 Å². The van der Waals surface area contributed by atoms with Gasteiger partial charge in [-0.3, -0.25) is 4.98 Å². The van der Waals surface area contributed by atoms with Gasteiger partial charge in [-0.1, -0.05) is 28.4 Å². The van der Waals surface area contributed by atoms with Gasteiger partial charge in [0.25, 0.3) is 0 Å². The Balaban J connectivity index is 1.75. The van der Waals surface area contributed by atoms with Crippen LogP contribution in [0, 0.1) is 0 Å². The summed E-state index contributed by atoms with van der Waals surface area (Å²) in [7, 11) is 0. The van der Waals surface area contributed by atoms with Crippen molar-refractivity contribution in [1.29, 1.82) is 0 Å². The minimum atomic E-state index is 0.402. The molecule has 1 aliphatic carbocycles. The Morgan fingerprint density at radius 1 is 1.21 bits per heavy atom. The molecule has 0 amide bonds. The van der Waals surface area contributed by atoms with Crippen LogP contribution in [-0.4, -0.2) is 4.98 Å². The molecule has 2 aromatic rings. The molecule has 1 nitrogen and oxygen atoms in total. The summed E-state index contributed by atoms with van der Waals surface area (Å²) in [5.74, 6) is 0. The minimum Gasteiger partial charge on any atom is -0.261 e. The zero-order chi connectivity index (χ0) is 13.1. The molecule has 1 atom stereocenters. The van der Waals surface area contributed by atoms with Gasteiger partial charge in [0.05, 0.1) is 4.83 Å². The van der Waals surface area contributed by atoms with E-state index in [4.69, 9.17) is 0 Å². The third-order valence-electron chi connectivity index (χ3n) is 3.69. The number of pyridine rings is 1. The number of alkyl halides is 1. The van der Waals surface area contributed by atoms with E-state index < -0.39 is 0 Å². The number of aromatic nitrogens is 1. The van der Waals surface area contributed by atoms with Gasteiger partial charge in [0.2, 0.25) is 0 Å². The largest absolute Gasteiger partial charge is 0.261 e. The van der Waals surface area contributed by atoms with Crippen molar-refractivity contribution in [2.45, 2.75) is 43.4 Å². The van der Waals surface area contributed by atoms with Crippen LogP contribution in [0.1, 0.15) is 45.1 Å². The van der Waals surface area contributed by atoms with Gasteiger partial charge in [0, 0.05) is 28.1 Å². The van der Waals surface area contributed by atoms with Gasteiger partial charge < -0.3 is 0 Å². The molecular weight excluding hydrogens is 318 g/mol. The number of aryl methyl sites for hydroxylation is 2. The predicted octanol–water partition coefficient (Wildman–Crippen LogP) is 5.09. The fourth-order valence-corrected chi connectivity index (χ4v) is 4.63. The molecule has 1 unspecified atom stereocenters. The van der Waals surface area contributed by atoms with Crippen molar-refractivity contribution in [3.8, 4) is 0 Å². The third-order valence-corrected chi connectivity index (χ3v) is 6.16. The lowest BCUT2D eigenvalue weighted by Gasteiger charge is -2.06. The van der Waals surface area contributed by atoms with E-state index in [-0.39, 0.29) is 0 Å². The van der Waals surface area contributed by atoms with Crippen molar-refractivity contribution in [2.24, 2.45) is 0 Å². The highest BCUT2D eigenvalue weighted by atomic mass is 79.9. The van der Waals surface area contributed by atoms with Gasteiger partial charge in [0.15, 0.2) is 0 Å². The maximum absolute atomic E-state index is 4.42. The Kier molecular flexibility index (Phi) is 4.34. The second-order valence-electron chi connectivity index (χ2n) is 5.15. The molecule has 0 bridgehead atoms. The van der Waals surface area contributed by atoms with Crippen molar-refractivity contribution in [2.75, 3.05) is 0 Å². The average molecular weight is 336 g/mol. The van der Waals surface area contributed by atoms with E-state index in [9.17, 15) is 0 Å². The van der Waals surface area contributed by atoms with Crippen LogP contribution in [0.4, 0.5) is 0 Å². The third kappa shape index (κ3) is 3.26. The Morgan fingerprint density at radius 3 is 2.95 bits per heavy atom. The summed E-state index contributed by atoms with van der Waals surface area (Å²) in [5, 5.41) is 0. The van der Waals surface area contributed by atoms with Gasteiger partial charge in [-0.15, -0.1) is 11.3 Å². The Bertz CT molecular complexity index is 511. The standard InChI is InChI=1S/C16H18BrNS/c17-14(11-13-7-4-5-9-18-13)16-10-12-6-2-1-3-8-15(12)19-16/h4-5,7,9-10,14H,1-3,6,8,11H2. The molecule has 0 saturated heterocycles. The van der Waals surface area contributed by atoms with E-state index in [1.165, 1.54) is 37.0 Å². The van der Waals surface area contributed by atoms with E-state index in [0.717, 1.165) is 12.1 Å². The number of hydrogen-bond acceptors (Lipinski definition) is 2. The maximum Gasteiger partial charge on any atom is 0.0544 e. The van der Waals surface area contributed by atoms with Gasteiger partial charge in [-0.2, -0.15) is 0 Å². The first-order valence-electron chi connectivity index (χ1n) is 6.98. The van der Waals surface area contributed by atoms with Crippen molar-refractivity contribution in [3.63, 3.8) is 0 Å². The second kappa shape index (κ2) is 6.19. The van der Waals surface area contributed by atoms with Gasteiger partial charge in [0.1, 0.15) is 0 Å². The summed E-state index contributed by atoms with van der Waals surface area (Å²) in [6.07, 6.45) is 9.51. The summed E-state index contributed by atoms with van der Waals surface area (Å²) in [6.45, 7) is 0. The lowest BCUT2D eigenvalue weighted by atomic mass is 10.1. The summed E-state index contributed by atoms with van der Waals surface area (Å²) < 4.78 is 0. The monoisotopic (exact) mass is 335 g/mol. The molecule has 2 heterocycles. The van der Waals surface area contributed by atoms with Crippen molar-refractivity contribution < 1.29 is 0 Å². The molecule has 0 aromatic carbocycles. The van der Waals surface area contributed by atoms with Gasteiger partial charge in [-0.25, -0.2) is 0 Å². The molecule has 0 fully saturated rings. The zero-order valence-electron chi connectivity index (χ0n) is 10.9. The van der Waals surface area contributed by atoms with Crippen LogP contribution in [0.25, 0.3) is 0 Å². The van der Waals surface area contributed by atoms with Crippen LogP contribution in [0.5, 0.6) is 0 Å². The molecule has 0 saturated carbocycles. The van der Waals surface area contributed by atoms with E-state index >= 15 is 0 Å². The van der Waals surface area contributed by atoms with Crippen LogP contribution >= 0.6 is 27.3 Å². The number of halogens is 1. The highest BCUT2D eigenvalue weighted by molar-refractivity contribution is 9.09. The van der Waals surface area contributed by atoms with E-state index in [1.54, 1.807) is 10.4 Å². The number of hydrogen-bond donors (Lipinski definition) is 0. The fraction of sp³-hybridized carbons (Fsp3) is 0.438. The summed E-state index contributed by atoms with van der Waals surface area (Å²) in [5.41, 5.74) is 2.76. The first-order chi connectivity index (χ1) is 9.33. The molecule has 100 valence electrons. The van der Waals surface area contributed by atoms with Crippen LogP contribution in [-0.2, 0) is 19.3 Å². The molecule has 0 radical (unpaired) electrons. The first-order valence-corrected chi connectivity index (χ1v) is 8.71. The lowest BCUT2D eigenvalue weighted by molar-refractivity contribution is 0.712. The van der Waals surface area contributed by atoms with Gasteiger partial charge >= 0.3 is 0 Å². The van der Waals surface area contributed by atoms with Crippen LogP contribution in [0.2, 0.25) is 0 Å². The molecule has 19 heavy (non-hydrogen) atoms. The number of rotatable bonds is 3.